The van der Waals surface area contributed by atoms with Crippen LogP contribution in [0.5, 0.6) is 0 Å². The number of thiophene rings is 1. The Balaban J connectivity index is 1.85. The molecule has 1 N–H and O–H groups in total. The number of aromatic amines is 1. The minimum Gasteiger partial charge on any atom is -0.310 e. The van der Waals surface area contributed by atoms with Crippen LogP contribution in [0, 0.1) is 12.7 Å². The van der Waals surface area contributed by atoms with E-state index in [0.717, 1.165) is 16.0 Å². The maximum Gasteiger partial charge on any atom is 0.260 e. The molecule has 2 aromatic carbocycles. The van der Waals surface area contributed by atoms with Crippen LogP contribution < -0.4 is 5.56 Å². The summed E-state index contributed by atoms with van der Waals surface area (Å²) >= 11 is 13.6. The molecule has 3 nitrogen and oxygen atoms in total. The zero-order valence-electron chi connectivity index (χ0n) is 14.1. The van der Waals surface area contributed by atoms with Gasteiger partial charge in [-0.1, -0.05) is 47.5 Å². The molecule has 0 unspecified atom stereocenters. The number of aryl methyl sites for hydroxylation is 1. The summed E-state index contributed by atoms with van der Waals surface area (Å²) in [7, 11) is 0. The van der Waals surface area contributed by atoms with Crippen molar-refractivity contribution in [2.24, 2.45) is 0 Å². The fourth-order valence-corrected chi connectivity index (χ4v) is 4.43. The van der Waals surface area contributed by atoms with Crippen molar-refractivity contribution in [3.05, 3.63) is 84.9 Å². The topological polar surface area (TPSA) is 45.8 Å². The molecular formula is C20H13Cl2FN2OS. The Morgan fingerprint density at radius 2 is 1.93 bits per heavy atom. The van der Waals surface area contributed by atoms with Crippen molar-refractivity contribution in [1.82, 2.24) is 9.97 Å². The molecule has 0 aliphatic heterocycles. The molecule has 0 atom stereocenters. The smallest absolute Gasteiger partial charge is 0.260 e. The van der Waals surface area contributed by atoms with Crippen LogP contribution in [0.2, 0.25) is 10.0 Å². The molecule has 27 heavy (non-hydrogen) atoms. The normalized spacial score (nSPS) is 11.3. The second kappa shape index (κ2) is 7.08. The molecular weight excluding hydrogens is 406 g/mol. The van der Waals surface area contributed by atoms with Gasteiger partial charge in [-0.25, -0.2) is 9.37 Å². The Kier molecular flexibility index (Phi) is 4.76. The van der Waals surface area contributed by atoms with Gasteiger partial charge in [-0.15, -0.1) is 11.3 Å². The fourth-order valence-electron chi connectivity index (χ4n) is 3.07. The van der Waals surface area contributed by atoms with Gasteiger partial charge in [-0.3, -0.25) is 4.79 Å². The quantitative estimate of drug-likeness (QED) is 0.443. The SMILES string of the molecule is Cc1sc2nc(Cc3ccccc3F)[nH]c(=O)c2c1-c1ccc(Cl)c(Cl)c1. The zero-order chi connectivity index (χ0) is 19.1. The number of hydrogen-bond donors (Lipinski definition) is 1. The molecule has 0 saturated carbocycles. The maximum absolute atomic E-state index is 13.9. The number of fused-ring (bicyclic) bond motifs is 1. The van der Waals surface area contributed by atoms with Gasteiger partial charge in [0.1, 0.15) is 16.5 Å². The molecule has 0 saturated heterocycles. The van der Waals surface area contributed by atoms with E-state index in [1.165, 1.54) is 17.4 Å². The molecule has 4 rings (SSSR count). The number of benzene rings is 2. The van der Waals surface area contributed by atoms with Gasteiger partial charge in [-0.2, -0.15) is 0 Å². The van der Waals surface area contributed by atoms with E-state index in [1.807, 2.05) is 13.0 Å². The molecule has 0 spiro atoms. The van der Waals surface area contributed by atoms with Crippen molar-refractivity contribution >= 4 is 44.8 Å². The lowest BCUT2D eigenvalue weighted by molar-refractivity contribution is 0.612. The van der Waals surface area contributed by atoms with Gasteiger partial charge in [0.15, 0.2) is 0 Å². The first-order valence-corrected chi connectivity index (χ1v) is 9.72. The van der Waals surface area contributed by atoms with Crippen LogP contribution in [-0.2, 0) is 6.42 Å². The van der Waals surface area contributed by atoms with Gasteiger partial charge >= 0.3 is 0 Å². The van der Waals surface area contributed by atoms with E-state index >= 15 is 0 Å². The summed E-state index contributed by atoms with van der Waals surface area (Å²) in [6.45, 7) is 1.93. The summed E-state index contributed by atoms with van der Waals surface area (Å²) < 4.78 is 13.9. The second-order valence-electron chi connectivity index (χ2n) is 6.12. The van der Waals surface area contributed by atoms with E-state index in [-0.39, 0.29) is 17.8 Å². The van der Waals surface area contributed by atoms with Crippen molar-refractivity contribution < 1.29 is 4.39 Å². The van der Waals surface area contributed by atoms with Crippen LogP contribution in [-0.4, -0.2) is 9.97 Å². The van der Waals surface area contributed by atoms with Crippen molar-refractivity contribution in [2.45, 2.75) is 13.3 Å². The van der Waals surface area contributed by atoms with Crippen LogP contribution in [0.1, 0.15) is 16.3 Å². The Morgan fingerprint density at radius 3 is 2.67 bits per heavy atom. The van der Waals surface area contributed by atoms with Crippen molar-refractivity contribution in [1.29, 1.82) is 0 Å². The standard InChI is InChI=1S/C20H13Cl2FN2OS/c1-10-17(12-6-7-13(21)14(22)8-12)18-19(26)24-16(25-20(18)27-10)9-11-4-2-3-5-15(11)23/h2-8H,9H2,1H3,(H,24,25,26). The van der Waals surface area contributed by atoms with Crippen molar-refractivity contribution in [3.63, 3.8) is 0 Å². The highest BCUT2D eigenvalue weighted by Gasteiger charge is 2.18. The highest BCUT2D eigenvalue weighted by molar-refractivity contribution is 7.19. The molecule has 136 valence electrons. The minimum absolute atomic E-state index is 0.219. The van der Waals surface area contributed by atoms with Gasteiger partial charge in [-0.05, 0) is 36.2 Å². The van der Waals surface area contributed by atoms with Crippen LogP contribution in [0.25, 0.3) is 21.3 Å². The maximum atomic E-state index is 13.9. The lowest BCUT2D eigenvalue weighted by atomic mass is 10.0. The minimum atomic E-state index is -0.320. The highest BCUT2D eigenvalue weighted by Crippen LogP contribution is 2.37. The van der Waals surface area contributed by atoms with Gasteiger partial charge < -0.3 is 4.98 Å². The molecule has 0 amide bonds. The summed E-state index contributed by atoms with van der Waals surface area (Å²) in [5.41, 5.74) is 1.83. The molecule has 2 heterocycles. The van der Waals surface area contributed by atoms with E-state index in [9.17, 15) is 9.18 Å². The molecule has 2 aromatic heterocycles. The summed E-state index contributed by atoms with van der Waals surface area (Å²) in [4.78, 5) is 21.7. The third-order valence-corrected chi connectivity index (χ3v) is 6.05. The molecule has 4 aromatic rings. The van der Waals surface area contributed by atoms with Gasteiger partial charge in [0.25, 0.3) is 5.56 Å². The first-order chi connectivity index (χ1) is 12.9. The molecule has 7 heteroatoms. The van der Waals surface area contributed by atoms with E-state index in [2.05, 4.69) is 9.97 Å². The Labute approximate surface area is 168 Å². The van der Waals surface area contributed by atoms with Gasteiger partial charge in [0.2, 0.25) is 0 Å². The number of nitrogens with zero attached hydrogens (tertiary/aromatic N) is 1. The average Bonchev–Trinajstić information content (AvgIpc) is 2.96. The number of nitrogens with one attached hydrogen (secondary N) is 1. The molecule has 0 radical (unpaired) electrons. The first-order valence-electron chi connectivity index (χ1n) is 8.15. The summed E-state index contributed by atoms with van der Waals surface area (Å²) in [6, 6.07) is 11.7. The van der Waals surface area contributed by atoms with Crippen LogP contribution >= 0.6 is 34.5 Å². The van der Waals surface area contributed by atoms with E-state index in [0.29, 0.717) is 31.6 Å². The molecule has 0 aliphatic rings. The molecule has 0 aliphatic carbocycles. The Hall–Kier alpha value is -2.21. The summed E-state index contributed by atoms with van der Waals surface area (Å²) in [5.74, 6) is 0.110. The molecule has 0 bridgehead atoms. The lowest BCUT2D eigenvalue weighted by Gasteiger charge is -2.05. The third-order valence-electron chi connectivity index (χ3n) is 4.31. The van der Waals surface area contributed by atoms with Gasteiger partial charge in [0.05, 0.1) is 15.4 Å². The van der Waals surface area contributed by atoms with Crippen LogP contribution in [0.15, 0.2) is 47.3 Å². The summed E-state index contributed by atoms with van der Waals surface area (Å²) in [5, 5.41) is 1.39. The monoisotopic (exact) mass is 418 g/mol. The van der Waals surface area contributed by atoms with E-state index in [4.69, 9.17) is 23.2 Å². The fraction of sp³-hybridized carbons (Fsp3) is 0.100. The number of rotatable bonds is 3. The zero-order valence-corrected chi connectivity index (χ0v) is 16.5. The number of hydrogen-bond acceptors (Lipinski definition) is 3. The highest BCUT2D eigenvalue weighted by atomic mass is 35.5. The third kappa shape index (κ3) is 3.38. The van der Waals surface area contributed by atoms with E-state index in [1.54, 1.807) is 30.3 Å². The Morgan fingerprint density at radius 1 is 1.15 bits per heavy atom. The predicted octanol–water partition coefficient (Wildman–Crippen LogP) is 6.00. The number of H-pyrrole nitrogens is 1. The first kappa shape index (κ1) is 18.2. The lowest BCUT2D eigenvalue weighted by Crippen LogP contribution is -2.12. The predicted molar refractivity (Wildman–Crippen MR) is 110 cm³/mol. The summed E-state index contributed by atoms with van der Waals surface area (Å²) in [6.07, 6.45) is 0.219. The Bertz CT molecular complexity index is 1230. The largest absolute Gasteiger partial charge is 0.310 e. The van der Waals surface area contributed by atoms with Crippen molar-refractivity contribution in [3.8, 4) is 11.1 Å². The van der Waals surface area contributed by atoms with Crippen molar-refractivity contribution in [2.75, 3.05) is 0 Å². The number of halogens is 3. The van der Waals surface area contributed by atoms with Crippen LogP contribution in [0.4, 0.5) is 4.39 Å². The van der Waals surface area contributed by atoms with Gasteiger partial charge in [0, 0.05) is 16.9 Å². The average molecular weight is 419 g/mol. The molecule has 0 fully saturated rings. The number of aromatic nitrogens is 2. The van der Waals surface area contributed by atoms with E-state index < -0.39 is 0 Å². The second-order valence-corrected chi connectivity index (χ2v) is 8.14. The van der Waals surface area contributed by atoms with Crippen LogP contribution in [0.3, 0.4) is 0 Å².